The van der Waals surface area contributed by atoms with Crippen molar-refractivity contribution in [3.63, 3.8) is 0 Å². The lowest BCUT2D eigenvalue weighted by atomic mass is 10.2. The molecule has 0 saturated heterocycles. The SMILES string of the molecule is CCCC=Cc1ccc(N)cc1. The van der Waals surface area contributed by atoms with Gasteiger partial charge in [0.2, 0.25) is 0 Å². The van der Waals surface area contributed by atoms with Gasteiger partial charge in [0.05, 0.1) is 0 Å². The van der Waals surface area contributed by atoms with E-state index in [4.69, 9.17) is 5.73 Å². The molecular weight excluding hydrogens is 146 g/mol. The van der Waals surface area contributed by atoms with Gasteiger partial charge in [0.1, 0.15) is 0 Å². The number of unbranched alkanes of at least 4 members (excludes halogenated alkanes) is 1. The number of benzene rings is 1. The third-order valence-electron chi connectivity index (χ3n) is 1.70. The summed E-state index contributed by atoms with van der Waals surface area (Å²) in [6, 6.07) is 7.90. The van der Waals surface area contributed by atoms with Gasteiger partial charge in [-0.25, -0.2) is 0 Å². The molecule has 2 N–H and O–H groups in total. The van der Waals surface area contributed by atoms with Crippen LogP contribution >= 0.6 is 0 Å². The summed E-state index contributed by atoms with van der Waals surface area (Å²) in [5.74, 6) is 0. The highest BCUT2D eigenvalue weighted by Gasteiger charge is 1.85. The van der Waals surface area contributed by atoms with Gasteiger partial charge in [-0.3, -0.25) is 0 Å². The minimum absolute atomic E-state index is 0.822. The van der Waals surface area contributed by atoms with Crippen LogP contribution in [-0.2, 0) is 0 Å². The maximum Gasteiger partial charge on any atom is 0.0314 e. The quantitative estimate of drug-likeness (QED) is 0.677. The highest BCUT2D eigenvalue weighted by atomic mass is 14.5. The summed E-state index contributed by atoms with van der Waals surface area (Å²) < 4.78 is 0. The monoisotopic (exact) mass is 161 g/mol. The van der Waals surface area contributed by atoms with Crippen molar-refractivity contribution in [2.45, 2.75) is 19.8 Å². The third-order valence-corrected chi connectivity index (χ3v) is 1.70. The van der Waals surface area contributed by atoms with E-state index in [1.807, 2.05) is 24.3 Å². The normalized spacial score (nSPS) is 10.8. The fourth-order valence-electron chi connectivity index (χ4n) is 0.993. The molecule has 1 heteroatoms. The van der Waals surface area contributed by atoms with Crippen molar-refractivity contribution in [3.05, 3.63) is 35.9 Å². The topological polar surface area (TPSA) is 26.0 Å². The van der Waals surface area contributed by atoms with Crippen molar-refractivity contribution in [1.82, 2.24) is 0 Å². The smallest absolute Gasteiger partial charge is 0.0314 e. The Morgan fingerprint density at radius 2 is 1.92 bits per heavy atom. The molecule has 64 valence electrons. The summed E-state index contributed by atoms with van der Waals surface area (Å²) in [7, 11) is 0. The number of allylic oxidation sites excluding steroid dienone is 1. The van der Waals surface area contributed by atoms with Gasteiger partial charge >= 0.3 is 0 Å². The van der Waals surface area contributed by atoms with Crippen LogP contribution in [0.5, 0.6) is 0 Å². The van der Waals surface area contributed by atoms with Gasteiger partial charge in [0, 0.05) is 5.69 Å². The van der Waals surface area contributed by atoms with Crippen LogP contribution in [0.2, 0.25) is 0 Å². The Morgan fingerprint density at radius 1 is 1.25 bits per heavy atom. The maximum atomic E-state index is 5.56. The average molecular weight is 161 g/mol. The van der Waals surface area contributed by atoms with Crippen molar-refractivity contribution in [1.29, 1.82) is 0 Å². The summed E-state index contributed by atoms with van der Waals surface area (Å²) in [5.41, 5.74) is 7.60. The molecule has 1 rings (SSSR count). The van der Waals surface area contributed by atoms with Gasteiger partial charge in [-0.05, 0) is 24.1 Å². The molecule has 0 aromatic heterocycles. The van der Waals surface area contributed by atoms with Crippen LogP contribution in [0.15, 0.2) is 30.3 Å². The minimum atomic E-state index is 0.822. The van der Waals surface area contributed by atoms with Gasteiger partial charge in [-0.2, -0.15) is 0 Å². The zero-order valence-electron chi connectivity index (χ0n) is 7.46. The summed E-state index contributed by atoms with van der Waals surface area (Å²) >= 11 is 0. The Labute approximate surface area is 73.9 Å². The summed E-state index contributed by atoms with van der Waals surface area (Å²) in [5, 5.41) is 0. The first-order chi connectivity index (χ1) is 5.83. The van der Waals surface area contributed by atoms with Crippen LogP contribution in [-0.4, -0.2) is 0 Å². The summed E-state index contributed by atoms with van der Waals surface area (Å²) in [4.78, 5) is 0. The molecule has 0 fully saturated rings. The average Bonchev–Trinajstić information content (AvgIpc) is 2.09. The zero-order chi connectivity index (χ0) is 8.81. The molecule has 0 unspecified atom stereocenters. The van der Waals surface area contributed by atoms with Gasteiger partial charge in [-0.1, -0.05) is 37.6 Å². The molecule has 0 saturated carbocycles. The first-order valence-corrected chi connectivity index (χ1v) is 4.35. The molecule has 1 aromatic rings. The van der Waals surface area contributed by atoms with E-state index in [0.29, 0.717) is 0 Å². The number of hydrogen-bond acceptors (Lipinski definition) is 1. The van der Waals surface area contributed by atoms with Gasteiger partial charge < -0.3 is 5.73 Å². The van der Waals surface area contributed by atoms with Crippen LogP contribution in [0.3, 0.4) is 0 Å². The van der Waals surface area contributed by atoms with E-state index in [0.717, 1.165) is 12.1 Å². The molecule has 1 nitrogen and oxygen atoms in total. The van der Waals surface area contributed by atoms with Crippen molar-refractivity contribution in [2.75, 3.05) is 5.73 Å². The van der Waals surface area contributed by atoms with Crippen molar-refractivity contribution in [3.8, 4) is 0 Å². The maximum absolute atomic E-state index is 5.56. The van der Waals surface area contributed by atoms with Gasteiger partial charge in [0.25, 0.3) is 0 Å². The molecule has 0 aliphatic rings. The molecule has 0 radical (unpaired) electrons. The Kier molecular flexibility index (Phi) is 3.39. The molecule has 0 heterocycles. The van der Waals surface area contributed by atoms with Crippen LogP contribution < -0.4 is 5.73 Å². The van der Waals surface area contributed by atoms with Crippen LogP contribution in [0.4, 0.5) is 5.69 Å². The number of nitrogens with two attached hydrogens (primary N) is 1. The number of anilines is 1. The molecule has 0 aliphatic heterocycles. The third kappa shape index (κ3) is 2.79. The van der Waals surface area contributed by atoms with E-state index >= 15 is 0 Å². The van der Waals surface area contributed by atoms with Crippen molar-refractivity contribution in [2.24, 2.45) is 0 Å². The largest absolute Gasteiger partial charge is 0.399 e. The zero-order valence-corrected chi connectivity index (χ0v) is 7.46. The second-order valence-electron chi connectivity index (χ2n) is 2.86. The number of hydrogen-bond donors (Lipinski definition) is 1. The predicted octanol–water partition coefficient (Wildman–Crippen LogP) is 3.08. The number of nitrogen functional groups attached to an aromatic ring is 1. The fourth-order valence-corrected chi connectivity index (χ4v) is 0.993. The van der Waals surface area contributed by atoms with Gasteiger partial charge in [0.15, 0.2) is 0 Å². The molecule has 0 spiro atoms. The van der Waals surface area contributed by atoms with Crippen molar-refractivity contribution < 1.29 is 0 Å². The molecule has 0 atom stereocenters. The van der Waals surface area contributed by atoms with Gasteiger partial charge in [-0.15, -0.1) is 0 Å². The molecule has 12 heavy (non-hydrogen) atoms. The molecule has 1 aromatic carbocycles. The number of rotatable bonds is 3. The van der Waals surface area contributed by atoms with E-state index in [-0.39, 0.29) is 0 Å². The first-order valence-electron chi connectivity index (χ1n) is 4.35. The summed E-state index contributed by atoms with van der Waals surface area (Å²) in [6.07, 6.45) is 6.66. The minimum Gasteiger partial charge on any atom is -0.399 e. The Balaban J connectivity index is 2.58. The van der Waals surface area contributed by atoms with E-state index in [2.05, 4.69) is 19.1 Å². The standard InChI is InChI=1S/C11H15N/c1-2-3-4-5-10-6-8-11(12)9-7-10/h4-9H,2-3,12H2,1H3. The Morgan fingerprint density at radius 3 is 2.50 bits per heavy atom. The van der Waals surface area contributed by atoms with E-state index in [1.165, 1.54) is 12.0 Å². The van der Waals surface area contributed by atoms with Crippen LogP contribution in [0.1, 0.15) is 25.3 Å². The fraction of sp³-hybridized carbons (Fsp3) is 0.273. The van der Waals surface area contributed by atoms with Crippen LogP contribution in [0.25, 0.3) is 6.08 Å². The highest BCUT2D eigenvalue weighted by molar-refractivity contribution is 5.53. The second kappa shape index (κ2) is 4.60. The van der Waals surface area contributed by atoms with E-state index in [9.17, 15) is 0 Å². The Bertz CT molecular complexity index is 246. The summed E-state index contributed by atoms with van der Waals surface area (Å²) in [6.45, 7) is 2.17. The molecular formula is C11H15N. The first kappa shape index (κ1) is 8.85. The van der Waals surface area contributed by atoms with Crippen LogP contribution in [0, 0.1) is 0 Å². The van der Waals surface area contributed by atoms with E-state index < -0.39 is 0 Å². The lowest BCUT2D eigenvalue weighted by Crippen LogP contribution is -1.82. The predicted molar refractivity (Wildman–Crippen MR) is 54.8 cm³/mol. The molecule has 0 bridgehead atoms. The Hall–Kier alpha value is -1.24. The lowest BCUT2D eigenvalue weighted by molar-refractivity contribution is 0.962. The van der Waals surface area contributed by atoms with Crippen molar-refractivity contribution >= 4 is 11.8 Å². The second-order valence-corrected chi connectivity index (χ2v) is 2.86. The molecule has 0 amide bonds. The molecule has 0 aliphatic carbocycles. The highest BCUT2D eigenvalue weighted by Crippen LogP contribution is 2.07. The van der Waals surface area contributed by atoms with E-state index in [1.54, 1.807) is 0 Å². The lowest BCUT2D eigenvalue weighted by Gasteiger charge is -1.93.